The van der Waals surface area contributed by atoms with Gasteiger partial charge in [0, 0.05) is 18.0 Å². The van der Waals surface area contributed by atoms with Crippen LogP contribution in [0.2, 0.25) is 0 Å². The number of hydrogen-bond donors (Lipinski definition) is 0. The van der Waals surface area contributed by atoms with Crippen molar-refractivity contribution in [1.29, 1.82) is 0 Å². The van der Waals surface area contributed by atoms with Crippen LogP contribution in [-0.2, 0) is 4.79 Å². The first-order valence-electron chi connectivity index (χ1n) is 5.99. The second-order valence-electron chi connectivity index (χ2n) is 4.59. The van der Waals surface area contributed by atoms with Gasteiger partial charge in [0.25, 0.3) is 0 Å². The smallest absolute Gasteiger partial charge is 0.307 e. The minimum atomic E-state index is -4.41. The van der Waals surface area contributed by atoms with Crippen molar-refractivity contribution in [2.45, 2.75) is 24.9 Å². The van der Waals surface area contributed by atoms with E-state index in [0.29, 0.717) is 6.42 Å². The van der Waals surface area contributed by atoms with Crippen LogP contribution in [0.5, 0.6) is 0 Å². The number of hydrogen-bond acceptors (Lipinski definition) is 1. The Morgan fingerprint density at radius 3 is 2.47 bits per heavy atom. The highest BCUT2D eigenvalue weighted by Gasteiger charge is 2.38. The predicted octanol–water partition coefficient (Wildman–Crippen LogP) is 3.47. The molecule has 1 amide bonds. The summed E-state index contributed by atoms with van der Waals surface area (Å²) in [5.41, 5.74) is 1.13. The number of likely N-dealkylation sites (tertiary alicyclic amines) is 1. The molecule has 1 aromatic rings. The number of nitrogens with zero attached hydrogens (tertiary/aromatic N) is 1. The lowest BCUT2D eigenvalue weighted by molar-refractivity contribution is -0.159. The Balaban J connectivity index is 2.21. The zero-order chi connectivity index (χ0) is 14.0. The van der Waals surface area contributed by atoms with Gasteiger partial charge in [-0.25, -0.2) is 0 Å². The Bertz CT molecular complexity index is 481. The average molecular weight is 269 g/mol. The van der Waals surface area contributed by atoms with E-state index < -0.39 is 18.6 Å². The van der Waals surface area contributed by atoms with Crippen molar-refractivity contribution < 1.29 is 18.0 Å². The summed E-state index contributed by atoms with van der Waals surface area (Å²) in [6.45, 7) is 2.44. The summed E-state index contributed by atoms with van der Waals surface area (Å²) in [6, 6.07) is 9.18. The standard InChI is InChI=1S/C14H14F3NO/c1-10-12(11-5-3-2-4-6-11)7-8-13(19)18(10)9-14(15,16)17/h2-6,12H,1,7-9H2/t12-/m1/s1. The molecular formula is C14H14F3NO. The van der Waals surface area contributed by atoms with E-state index in [1.807, 2.05) is 30.3 Å². The van der Waals surface area contributed by atoms with Crippen LogP contribution in [0.3, 0.4) is 0 Å². The van der Waals surface area contributed by atoms with Crippen molar-refractivity contribution in [3.63, 3.8) is 0 Å². The van der Waals surface area contributed by atoms with Crippen molar-refractivity contribution in [2.75, 3.05) is 6.54 Å². The first-order chi connectivity index (χ1) is 8.88. The zero-order valence-electron chi connectivity index (χ0n) is 10.3. The van der Waals surface area contributed by atoms with E-state index in [9.17, 15) is 18.0 Å². The highest BCUT2D eigenvalue weighted by molar-refractivity contribution is 5.80. The van der Waals surface area contributed by atoms with Crippen molar-refractivity contribution in [1.82, 2.24) is 4.90 Å². The fraction of sp³-hybridized carbons (Fsp3) is 0.357. The minimum Gasteiger partial charge on any atom is -0.307 e. The first-order valence-corrected chi connectivity index (χ1v) is 5.99. The van der Waals surface area contributed by atoms with Crippen LogP contribution in [0.25, 0.3) is 0 Å². The van der Waals surface area contributed by atoms with Gasteiger partial charge in [-0.05, 0) is 12.0 Å². The van der Waals surface area contributed by atoms with E-state index in [0.717, 1.165) is 10.5 Å². The maximum atomic E-state index is 12.5. The summed E-state index contributed by atoms with van der Waals surface area (Å²) in [7, 11) is 0. The van der Waals surface area contributed by atoms with Gasteiger partial charge in [0.15, 0.2) is 0 Å². The molecule has 1 aliphatic rings. The van der Waals surface area contributed by atoms with Gasteiger partial charge in [-0.1, -0.05) is 36.9 Å². The molecule has 0 unspecified atom stereocenters. The summed E-state index contributed by atoms with van der Waals surface area (Å²) >= 11 is 0. The molecule has 2 rings (SSSR count). The van der Waals surface area contributed by atoms with E-state index in [-0.39, 0.29) is 18.0 Å². The van der Waals surface area contributed by atoms with Crippen molar-refractivity contribution in [2.24, 2.45) is 0 Å². The molecule has 102 valence electrons. The molecule has 0 radical (unpaired) electrons. The van der Waals surface area contributed by atoms with Gasteiger partial charge in [0.1, 0.15) is 6.54 Å². The second-order valence-corrected chi connectivity index (χ2v) is 4.59. The first kappa shape index (κ1) is 13.6. The van der Waals surface area contributed by atoms with Crippen LogP contribution < -0.4 is 0 Å². The maximum Gasteiger partial charge on any atom is 0.406 e. The Hall–Kier alpha value is -1.78. The predicted molar refractivity (Wildman–Crippen MR) is 65.3 cm³/mol. The highest BCUT2D eigenvalue weighted by atomic mass is 19.4. The molecular weight excluding hydrogens is 255 g/mol. The van der Waals surface area contributed by atoms with E-state index in [1.165, 1.54) is 0 Å². The molecule has 0 saturated carbocycles. The molecule has 0 bridgehead atoms. The van der Waals surface area contributed by atoms with Gasteiger partial charge in [-0.15, -0.1) is 0 Å². The van der Waals surface area contributed by atoms with Crippen molar-refractivity contribution >= 4 is 5.91 Å². The van der Waals surface area contributed by atoms with Crippen LogP contribution in [0.4, 0.5) is 13.2 Å². The third-order valence-corrected chi connectivity index (χ3v) is 3.24. The number of benzene rings is 1. The van der Waals surface area contributed by atoms with E-state index in [2.05, 4.69) is 6.58 Å². The van der Waals surface area contributed by atoms with Crippen LogP contribution >= 0.6 is 0 Å². The number of halogens is 3. The van der Waals surface area contributed by atoms with Gasteiger partial charge < -0.3 is 4.90 Å². The number of carbonyl (C=O) groups excluding carboxylic acids is 1. The molecule has 0 aliphatic carbocycles. The van der Waals surface area contributed by atoms with Gasteiger partial charge in [-0.2, -0.15) is 13.2 Å². The summed E-state index contributed by atoms with van der Waals surface area (Å²) < 4.78 is 37.4. The topological polar surface area (TPSA) is 20.3 Å². The lowest BCUT2D eigenvalue weighted by atomic mass is 9.87. The summed E-state index contributed by atoms with van der Waals surface area (Å²) in [6.07, 6.45) is -3.78. The molecule has 5 heteroatoms. The number of rotatable bonds is 2. The summed E-state index contributed by atoms with van der Waals surface area (Å²) in [5.74, 6) is -0.726. The third-order valence-electron chi connectivity index (χ3n) is 3.24. The molecule has 1 aliphatic heterocycles. The van der Waals surface area contributed by atoms with Gasteiger partial charge in [0.05, 0.1) is 0 Å². The Morgan fingerprint density at radius 2 is 1.89 bits per heavy atom. The van der Waals surface area contributed by atoms with Crippen LogP contribution in [0.15, 0.2) is 42.6 Å². The number of alkyl halides is 3. The van der Waals surface area contributed by atoms with Crippen molar-refractivity contribution in [3.05, 3.63) is 48.2 Å². The zero-order valence-corrected chi connectivity index (χ0v) is 10.3. The van der Waals surface area contributed by atoms with E-state index in [4.69, 9.17) is 0 Å². The molecule has 0 aromatic heterocycles. The van der Waals surface area contributed by atoms with Gasteiger partial charge >= 0.3 is 6.18 Å². The molecule has 1 fully saturated rings. The summed E-state index contributed by atoms with van der Waals surface area (Å²) in [4.78, 5) is 12.4. The number of allylic oxidation sites excluding steroid dienone is 1. The second kappa shape index (κ2) is 5.07. The highest BCUT2D eigenvalue weighted by Crippen LogP contribution is 2.36. The molecule has 1 saturated heterocycles. The lowest BCUT2D eigenvalue weighted by Crippen LogP contribution is -2.42. The number of carbonyl (C=O) groups is 1. The van der Waals surface area contributed by atoms with Gasteiger partial charge in [-0.3, -0.25) is 4.79 Å². The fourth-order valence-electron chi connectivity index (χ4n) is 2.33. The Morgan fingerprint density at radius 1 is 1.26 bits per heavy atom. The monoisotopic (exact) mass is 269 g/mol. The molecule has 1 heterocycles. The number of amides is 1. The molecule has 0 spiro atoms. The molecule has 1 aromatic carbocycles. The third kappa shape index (κ3) is 3.16. The number of piperidine rings is 1. The van der Waals surface area contributed by atoms with Gasteiger partial charge in [0.2, 0.25) is 5.91 Å². The van der Waals surface area contributed by atoms with E-state index >= 15 is 0 Å². The minimum absolute atomic E-state index is 0.120. The molecule has 0 N–H and O–H groups in total. The molecule has 19 heavy (non-hydrogen) atoms. The lowest BCUT2D eigenvalue weighted by Gasteiger charge is -2.35. The quantitative estimate of drug-likeness (QED) is 0.805. The fourth-order valence-corrected chi connectivity index (χ4v) is 2.33. The van der Waals surface area contributed by atoms with Crippen LogP contribution in [0, 0.1) is 0 Å². The van der Waals surface area contributed by atoms with Crippen LogP contribution in [0.1, 0.15) is 24.3 Å². The van der Waals surface area contributed by atoms with Crippen molar-refractivity contribution in [3.8, 4) is 0 Å². The SMILES string of the molecule is C=C1[C@H](c2ccccc2)CCC(=O)N1CC(F)(F)F. The van der Waals surface area contributed by atoms with Crippen LogP contribution in [-0.4, -0.2) is 23.5 Å². The largest absolute Gasteiger partial charge is 0.406 e. The average Bonchev–Trinajstić information content (AvgIpc) is 2.34. The van der Waals surface area contributed by atoms with E-state index in [1.54, 1.807) is 0 Å². The Kier molecular flexibility index (Phi) is 3.64. The normalized spacial score (nSPS) is 20.8. The summed E-state index contributed by atoms with van der Waals surface area (Å²) in [5, 5.41) is 0. The molecule has 1 atom stereocenters. The maximum absolute atomic E-state index is 12.5. The molecule has 2 nitrogen and oxygen atoms in total. The Labute approximate surface area is 109 Å².